The number of unbranched alkanes of at least 4 members (excludes halogenated alkanes) is 1. The summed E-state index contributed by atoms with van der Waals surface area (Å²) >= 11 is 5.18. The van der Waals surface area contributed by atoms with Gasteiger partial charge in [0, 0.05) is 6.54 Å². The van der Waals surface area contributed by atoms with E-state index < -0.39 is 0 Å². The number of phenols is 1. The second-order valence-corrected chi connectivity index (χ2v) is 5.12. The van der Waals surface area contributed by atoms with E-state index in [1.807, 2.05) is 0 Å². The zero-order valence-electron chi connectivity index (χ0n) is 12.0. The van der Waals surface area contributed by atoms with Crippen LogP contribution in [-0.2, 0) is 4.79 Å². The average Bonchev–Trinajstić information content (AvgIpc) is 2.73. The van der Waals surface area contributed by atoms with Gasteiger partial charge in [0.1, 0.15) is 5.70 Å². The molecule has 0 atom stereocenters. The van der Waals surface area contributed by atoms with Crippen molar-refractivity contribution < 1.29 is 14.6 Å². The van der Waals surface area contributed by atoms with Crippen molar-refractivity contribution in [1.82, 2.24) is 10.2 Å². The van der Waals surface area contributed by atoms with E-state index >= 15 is 0 Å². The van der Waals surface area contributed by atoms with Crippen LogP contribution in [0.3, 0.4) is 0 Å². The number of amides is 1. The zero-order valence-corrected chi connectivity index (χ0v) is 12.9. The van der Waals surface area contributed by atoms with Crippen molar-refractivity contribution >= 4 is 29.3 Å². The molecule has 0 bridgehead atoms. The molecule has 1 aliphatic rings. The lowest BCUT2D eigenvalue weighted by molar-refractivity contribution is -0.122. The van der Waals surface area contributed by atoms with Crippen molar-refractivity contribution in [2.45, 2.75) is 19.8 Å². The summed E-state index contributed by atoms with van der Waals surface area (Å²) in [6.07, 6.45) is 3.61. The lowest BCUT2D eigenvalue weighted by atomic mass is 10.1. The van der Waals surface area contributed by atoms with E-state index in [0.29, 0.717) is 23.1 Å². The molecular weight excluding hydrogens is 288 g/mol. The van der Waals surface area contributed by atoms with Crippen LogP contribution in [0.25, 0.3) is 6.08 Å². The van der Waals surface area contributed by atoms with Gasteiger partial charge in [0.25, 0.3) is 5.91 Å². The van der Waals surface area contributed by atoms with Gasteiger partial charge in [-0.05, 0) is 42.4 Å². The van der Waals surface area contributed by atoms with Crippen molar-refractivity contribution in [3.63, 3.8) is 0 Å². The maximum atomic E-state index is 12.3. The Balaban J connectivity index is 2.22. The molecule has 112 valence electrons. The number of hydrogen-bond donors (Lipinski definition) is 2. The lowest BCUT2D eigenvalue weighted by Crippen LogP contribution is -2.31. The first kappa shape index (κ1) is 15.3. The summed E-state index contributed by atoms with van der Waals surface area (Å²) in [6, 6.07) is 4.89. The second kappa shape index (κ2) is 6.58. The van der Waals surface area contributed by atoms with Crippen LogP contribution in [0.5, 0.6) is 11.5 Å². The van der Waals surface area contributed by atoms with Crippen LogP contribution < -0.4 is 10.1 Å². The Hall–Kier alpha value is -2.08. The van der Waals surface area contributed by atoms with Crippen LogP contribution in [0, 0.1) is 0 Å². The molecule has 0 radical (unpaired) electrons. The van der Waals surface area contributed by atoms with Crippen LogP contribution >= 0.6 is 12.2 Å². The summed E-state index contributed by atoms with van der Waals surface area (Å²) < 4.78 is 5.05. The third-order valence-electron chi connectivity index (χ3n) is 3.21. The van der Waals surface area contributed by atoms with Crippen molar-refractivity contribution in [3.8, 4) is 11.5 Å². The van der Waals surface area contributed by atoms with Crippen LogP contribution in [0.2, 0.25) is 0 Å². The van der Waals surface area contributed by atoms with E-state index in [2.05, 4.69) is 12.2 Å². The minimum Gasteiger partial charge on any atom is -0.504 e. The van der Waals surface area contributed by atoms with Gasteiger partial charge in [0.05, 0.1) is 7.11 Å². The van der Waals surface area contributed by atoms with E-state index in [0.717, 1.165) is 18.4 Å². The van der Waals surface area contributed by atoms with Crippen LogP contribution in [0.15, 0.2) is 23.9 Å². The third-order valence-corrected chi connectivity index (χ3v) is 3.53. The van der Waals surface area contributed by atoms with Gasteiger partial charge >= 0.3 is 0 Å². The van der Waals surface area contributed by atoms with E-state index in [-0.39, 0.29) is 11.7 Å². The first-order valence-electron chi connectivity index (χ1n) is 6.78. The smallest absolute Gasteiger partial charge is 0.276 e. The van der Waals surface area contributed by atoms with Crippen molar-refractivity contribution in [3.05, 3.63) is 29.5 Å². The fourth-order valence-corrected chi connectivity index (χ4v) is 2.33. The molecule has 2 N–H and O–H groups in total. The number of thiocarbonyl (C=S) groups is 1. The SMILES string of the molecule is CCCCN1C(=O)C(=Cc2ccc(O)c(OC)c2)NC1=S. The number of carbonyl (C=O) groups is 1. The summed E-state index contributed by atoms with van der Waals surface area (Å²) in [7, 11) is 1.48. The normalized spacial score (nSPS) is 16.5. The lowest BCUT2D eigenvalue weighted by Gasteiger charge is -2.12. The molecule has 1 aromatic rings. The minimum absolute atomic E-state index is 0.0606. The van der Waals surface area contributed by atoms with E-state index in [1.165, 1.54) is 13.2 Å². The van der Waals surface area contributed by atoms with Crippen LogP contribution in [-0.4, -0.2) is 34.7 Å². The number of aromatic hydroxyl groups is 1. The maximum Gasteiger partial charge on any atom is 0.276 e. The molecule has 2 rings (SSSR count). The predicted octanol–water partition coefficient (Wildman–Crippen LogP) is 2.26. The Kier molecular flexibility index (Phi) is 4.80. The van der Waals surface area contributed by atoms with Gasteiger partial charge in [0.15, 0.2) is 16.6 Å². The highest BCUT2D eigenvalue weighted by molar-refractivity contribution is 7.80. The molecule has 5 nitrogen and oxygen atoms in total. The number of carbonyl (C=O) groups excluding carboxylic acids is 1. The van der Waals surface area contributed by atoms with E-state index in [1.54, 1.807) is 23.1 Å². The van der Waals surface area contributed by atoms with E-state index in [4.69, 9.17) is 17.0 Å². The summed E-state index contributed by atoms with van der Waals surface area (Å²) in [4.78, 5) is 13.8. The fourth-order valence-electron chi connectivity index (χ4n) is 2.04. The Bertz CT molecular complexity index is 599. The van der Waals surface area contributed by atoms with Crippen LogP contribution in [0.4, 0.5) is 0 Å². The molecule has 1 aliphatic heterocycles. The number of rotatable bonds is 5. The topological polar surface area (TPSA) is 61.8 Å². The monoisotopic (exact) mass is 306 g/mol. The molecular formula is C15H18N2O3S. The Morgan fingerprint density at radius 1 is 1.48 bits per heavy atom. The Morgan fingerprint density at radius 3 is 2.90 bits per heavy atom. The molecule has 0 aliphatic carbocycles. The molecule has 1 amide bonds. The van der Waals surface area contributed by atoms with Gasteiger partial charge in [-0.2, -0.15) is 0 Å². The molecule has 0 aromatic heterocycles. The van der Waals surface area contributed by atoms with Gasteiger partial charge in [-0.3, -0.25) is 9.69 Å². The quantitative estimate of drug-likeness (QED) is 0.645. The number of phenolic OH excluding ortho intramolecular Hbond substituents is 1. The van der Waals surface area contributed by atoms with Crippen LogP contribution in [0.1, 0.15) is 25.3 Å². The molecule has 0 spiro atoms. The highest BCUT2D eigenvalue weighted by Gasteiger charge is 2.29. The third kappa shape index (κ3) is 3.33. The molecule has 0 unspecified atom stereocenters. The second-order valence-electron chi connectivity index (χ2n) is 4.73. The Labute approximate surface area is 129 Å². The van der Waals surface area contributed by atoms with Gasteiger partial charge in [-0.1, -0.05) is 19.4 Å². The van der Waals surface area contributed by atoms with Crippen molar-refractivity contribution in [2.24, 2.45) is 0 Å². The van der Waals surface area contributed by atoms with Gasteiger partial charge < -0.3 is 15.2 Å². The fraction of sp³-hybridized carbons (Fsp3) is 0.333. The first-order chi connectivity index (χ1) is 10.1. The van der Waals surface area contributed by atoms with Crippen molar-refractivity contribution in [2.75, 3.05) is 13.7 Å². The predicted molar refractivity (Wildman–Crippen MR) is 85.0 cm³/mol. The average molecular weight is 306 g/mol. The zero-order chi connectivity index (χ0) is 15.4. The van der Waals surface area contributed by atoms with E-state index in [9.17, 15) is 9.90 Å². The van der Waals surface area contributed by atoms with Gasteiger partial charge in [-0.25, -0.2) is 0 Å². The number of nitrogens with one attached hydrogen (secondary N) is 1. The number of methoxy groups -OCH3 is 1. The number of ether oxygens (including phenoxy) is 1. The van der Waals surface area contributed by atoms with Gasteiger partial charge in [0.2, 0.25) is 0 Å². The summed E-state index contributed by atoms with van der Waals surface area (Å²) in [5.74, 6) is 0.297. The maximum absolute atomic E-state index is 12.3. The molecule has 1 aromatic carbocycles. The first-order valence-corrected chi connectivity index (χ1v) is 7.19. The summed E-state index contributed by atoms with van der Waals surface area (Å²) in [5, 5.41) is 12.9. The molecule has 1 saturated heterocycles. The highest BCUT2D eigenvalue weighted by Crippen LogP contribution is 2.27. The summed E-state index contributed by atoms with van der Waals surface area (Å²) in [5.41, 5.74) is 1.18. The van der Waals surface area contributed by atoms with Gasteiger partial charge in [-0.15, -0.1) is 0 Å². The molecule has 1 fully saturated rings. The molecule has 0 saturated carbocycles. The largest absolute Gasteiger partial charge is 0.504 e. The standard InChI is InChI=1S/C15H18N2O3S/c1-3-4-7-17-14(19)11(16-15(17)21)8-10-5-6-12(18)13(9-10)20-2/h5-6,8-9,18H,3-4,7H2,1-2H3,(H,16,21). The molecule has 6 heteroatoms. The minimum atomic E-state index is -0.125. The van der Waals surface area contributed by atoms with Crippen molar-refractivity contribution in [1.29, 1.82) is 0 Å². The number of benzene rings is 1. The summed E-state index contributed by atoms with van der Waals surface area (Å²) in [6.45, 7) is 2.69. The Morgan fingerprint density at radius 2 is 2.24 bits per heavy atom. The highest BCUT2D eigenvalue weighted by atomic mass is 32.1. The number of nitrogens with zero attached hydrogens (tertiary/aromatic N) is 1. The molecule has 1 heterocycles. The molecule has 21 heavy (non-hydrogen) atoms. The number of hydrogen-bond acceptors (Lipinski definition) is 4.